The van der Waals surface area contributed by atoms with Gasteiger partial charge in [-0.15, -0.1) is 12.4 Å². The van der Waals surface area contributed by atoms with Gasteiger partial charge in [0.15, 0.2) is 0 Å². The number of carbonyl (C=O) groups is 1. The number of carbonyl (C=O) groups excluding carboxylic acids is 1. The highest BCUT2D eigenvalue weighted by atomic mass is 35.5. The van der Waals surface area contributed by atoms with Gasteiger partial charge in [0.2, 0.25) is 5.91 Å². The summed E-state index contributed by atoms with van der Waals surface area (Å²) in [6, 6.07) is 17.2. The molecule has 0 bridgehead atoms. The van der Waals surface area contributed by atoms with Crippen LogP contribution < -0.4 is 5.32 Å². The number of hydrogen-bond acceptors (Lipinski definition) is 3. The fourth-order valence-electron chi connectivity index (χ4n) is 3.92. The van der Waals surface area contributed by atoms with E-state index < -0.39 is 0 Å². The van der Waals surface area contributed by atoms with Crippen LogP contribution in [-0.2, 0) is 4.79 Å². The molecule has 0 radical (unpaired) electrons. The monoisotopic (exact) mass is 357 g/mol. The molecule has 4 rings (SSSR count). The molecule has 1 amide bonds. The molecule has 0 unspecified atom stereocenters. The van der Waals surface area contributed by atoms with Gasteiger partial charge in [-0.3, -0.25) is 9.69 Å². The van der Waals surface area contributed by atoms with Crippen molar-refractivity contribution in [2.75, 3.05) is 39.8 Å². The Balaban J connectivity index is 0.00000182. The minimum Gasteiger partial charge on any atom is -0.339 e. The first-order valence-electron chi connectivity index (χ1n) is 8.62. The zero-order chi connectivity index (χ0) is 16.5. The van der Waals surface area contributed by atoms with Gasteiger partial charge in [0.1, 0.15) is 0 Å². The first-order chi connectivity index (χ1) is 11.8. The lowest BCUT2D eigenvalue weighted by Crippen LogP contribution is -2.49. The lowest BCUT2D eigenvalue weighted by molar-refractivity contribution is -0.133. The summed E-state index contributed by atoms with van der Waals surface area (Å²) in [7, 11) is 2.06. The zero-order valence-corrected chi connectivity index (χ0v) is 15.3. The number of amides is 1. The molecular formula is C20H24ClN3O. The predicted octanol–water partition coefficient (Wildman–Crippen LogP) is 2.54. The molecule has 25 heavy (non-hydrogen) atoms. The van der Waals surface area contributed by atoms with Crippen molar-refractivity contribution < 1.29 is 4.79 Å². The highest BCUT2D eigenvalue weighted by molar-refractivity contribution is 5.85. The fraction of sp³-hybridized carbons (Fsp3) is 0.350. The van der Waals surface area contributed by atoms with E-state index in [1.807, 2.05) is 4.90 Å². The van der Waals surface area contributed by atoms with Crippen LogP contribution in [0.15, 0.2) is 48.5 Å². The minimum absolute atomic E-state index is 0. The van der Waals surface area contributed by atoms with Crippen LogP contribution in [0.5, 0.6) is 0 Å². The largest absolute Gasteiger partial charge is 0.339 e. The summed E-state index contributed by atoms with van der Waals surface area (Å²) >= 11 is 0. The van der Waals surface area contributed by atoms with E-state index >= 15 is 0 Å². The Morgan fingerprint density at radius 3 is 2.12 bits per heavy atom. The van der Waals surface area contributed by atoms with E-state index in [2.05, 4.69) is 65.8 Å². The van der Waals surface area contributed by atoms with Crippen molar-refractivity contribution in [1.29, 1.82) is 0 Å². The Hall–Kier alpha value is -1.88. The van der Waals surface area contributed by atoms with Crippen molar-refractivity contribution in [2.24, 2.45) is 0 Å². The lowest BCUT2D eigenvalue weighted by Gasteiger charge is -2.31. The van der Waals surface area contributed by atoms with Crippen molar-refractivity contribution >= 4 is 18.3 Å². The van der Waals surface area contributed by atoms with Gasteiger partial charge in [-0.1, -0.05) is 48.5 Å². The molecule has 1 saturated heterocycles. The number of hydrogen-bond donors (Lipinski definition) is 1. The molecule has 0 aromatic heterocycles. The van der Waals surface area contributed by atoms with E-state index in [0.29, 0.717) is 6.54 Å². The van der Waals surface area contributed by atoms with E-state index in [-0.39, 0.29) is 24.4 Å². The maximum atomic E-state index is 12.6. The molecule has 0 saturated carbocycles. The van der Waals surface area contributed by atoms with Crippen LogP contribution in [-0.4, -0.2) is 55.5 Å². The van der Waals surface area contributed by atoms with Crippen LogP contribution in [0.2, 0.25) is 0 Å². The molecule has 4 nitrogen and oxygen atoms in total. The Bertz CT molecular complexity index is 713. The van der Waals surface area contributed by atoms with Gasteiger partial charge in [0.05, 0.1) is 12.6 Å². The van der Waals surface area contributed by atoms with Crippen molar-refractivity contribution in [3.8, 4) is 11.1 Å². The second-order valence-electron chi connectivity index (χ2n) is 6.62. The summed E-state index contributed by atoms with van der Waals surface area (Å²) < 4.78 is 0. The second kappa shape index (κ2) is 7.56. The first-order valence-corrected chi connectivity index (χ1v) is 8.62. The SMILES string of the molecule is CN(CC(=O)N1CCNCC1)C1c2ccccc2-c2ccccc21.Cl. The maximum Gasteiger partial charge on any atom is 0.236 e. The highest BCUT2D eigenvalue weighted by Crippen LogP contribution is 2.45. The summed E-state index contributed by atoms with van der Waals surface area (Å²) in [5.41, 5.74) is 5.18. The Morgan fingerprint density at radius 1 is 1.04 bits per heavy atom. The van der Waals surface area contributed by atoms with Crippen LogP contribution in [0, 0.1) is 0 Å². The predicted molar refractivity (Wildman–Crippen MR) is 103 cm³/mol. The Labute approximate surface area is 155 Å². The van der Waals surface area contributed by atoms with Gasteiger partial charge >= 0.3 is 0 Å². The topological polar surface area (TPSA) is 35.6 Å². The van der Waals surface area contributed by atoms with Crippen LogP contribution in [0.25, 0.3) is 11.1 Å². The standard InChI is InChI=1S/C20H23N3O.ClH/c1-22(14-19(24)23-12-10-21-11-13-23)20-17-8-4-2-6-15(17)16-7-3-5-9-18(16)20;/h2-9,20-21H,10-14H2,1H3;1H. The molecule has 132 valence electrons. The van der Waals surface area contributed by atoms with Crippen LogP contribution in [0.1, 0.15) is 17.2 Å². The molecule has 5 heteroatoms. The van der Waals surface area contributed by atoms with Crippen molar-refractivity contribution in [1.82, 2.24) is 15.1 Å². The fourth-order valence-corrected chi connectivity index (χ4v) is 3.92. The van der Waals surface area contributed by atoms with Crippen molar-refractivity contribution in [3.05, 3.63) is 59.7 Å². The summed E-state index contributed by atoms with van der Waals surface area (Å²) in [4.78, 5) is 16.8. The number of nitrogens with one attached hydrogen (secondary N) is 1. The van der Waals surface area contributed by atoms with E-state index in [9.17, 15) is 4.79 Å². The van der Waals surface area contributed by atoms with Gasteiger partial charge in [-0.05, 0) is 29.3 Å². The van der Waals surface area contributed by atoms with Gasteiger partial charge < -0.3 is 10.2 Å². The third-order valence-electron chi connectivity index (χ3n) is 5.10. The average molecular weight is 358 g/mol. The zero-order valence-electron chi connectivity index (χ0n) is 14.4. The van der Waals surface area contributed by atoms with E-state index in [0.717, 1.165) is 26.2 Å². The summed E-state index contributed by atoms with van der Waals surface area (Å²) in [5.74, 6) is 0.223. The summed E-state index contributed by atoms with van der Waals surface area (Å²) in [5, 5.41) is 3.30. The highest BCUT2D eigenvalue weighted by Gasteiger charge is 2.32. The van der Waals surface area contributed by atoms with Crippen molar-refractivity contribution in [2.45, 2.75) is 6.04 Å². The minimum atomic E-state index is 0. The molecular weight excluding hydrogens is 334 g/mol. The maximum absolute atomic E-state index is 12.6. The number of nitrogens with zero attached hydrogens (tertiary/aromatic N) is 2. The van der Waals surface area contributed by atoms with Gasteiger partial charge in [-0.2, -0.15) is 0 Å². The van der Waals surface area contributed by atoms with Crippen LogP contribution >= 0.6 is 12.4 Å². The quantitative estimate of drug-likeness (QED) is 0.917. The van der Waals surface area contributed by atoms with E-state index in [1.165, 1.54) is 22.3 Å². The summed E-state index contributed by atoms with van der Waals surface area (Å²) in [6.45, 7) is 3.86. The number of piperazine rings is 1. The number of likely N-dealkylation sites (N-methyl/N-ethyl adjacent to an activating group) is 1. The number of halogens is 1. The Morgan fingerprint density at radius 2 is 1.56 bits per heavy atom. The number of benzene rings is 2. The van der Waals surface area contributed by atoms with Crippen LogP contribution in [0.3, 0.4) is 0 Å². The van der Waals surface area contributed by atoms with E-state index in [4.69, 9.17) is 0 Å². The van der Waals surface area contributed by atoms with Gasteiger partial charge in [0, 0.05) is 26.2 Å². The molecule has 2 aliphatic rings. The third-order valence-corrected chi connectivity index (χ3v) is 5.10. The third kappa shape index (κ3) is 3.30. The van der Waals surface area contributed by atoms with E-state index in [1.54, 1.807) is 0 Å². The molecule has 1 heterocycles. The molecule has 1 N–H and O–H groups in total. The first kappa shape index (κ1) is 17.9. The molecule has 1 aliphatic heterocycles. The van der Waals surface area contributed by atoms with Crippen LogP contribution in [0.4, 0.5) is 0 Å². The second-order valence-corrected chi connectivity index (χ2v) is 6.62. The smallest absolute Gasteiger partial charge is 0.236 e. The van der Waals surface area contributed by atoms with Gasteiger partial charge in [0.25, 0.3) is 0 Å². The number of fused-ring (bicyclic) bond motifs is 3. The molecule has 0 spiro atoms. The van der Waals surface area contributed by atoms with Crippen molar-refractivity contribution in [3.63, 3.8) is 0 Å². The molecule has 1 fully saturated rings. The lowest BCUT2D eigenvalue weighted by atomic mass is 10.0. The molecule has 2 aromatic carbocycles. The molecule has 1 aliphatic carbocycles. The number of rotatable bonds is 3. The molecule has 2 aromatic rings. The Kier molecular flexibility index (Phi) is 5.42. The average Bonchev–Trinajstić information content (AvgIpc) is 2.97. The molecule has 0 atom stereocenters. The van der Waals surface area contributed by atoms with Gasteiger partial charge in [-0.25, -0.2) is 0 Å². The normalized spacial score (nSPS) is 16.3. The summed E-state index contributed by atoms with van der Waals surface area (Å²) in [6.07, 6.45) is 0.